The molecule has 10 heteroatoms. The highest BCUT2D eigenvalue weighted by atomic mass is 19.1. The van der Waals surface area contributed by atoms with Crippen LogP contribution in [0.25, 0.3) is 0 Å². The fraction of sp³-hybridized carbons (Fsp3) is 0.679. The third-order valence-corrected chi connectivity index (χ3v) is 7.66. The van der Waals surface area contributed by atoms with Crippen molar-refractivity contribution in [3.63, 3.8) is 0 Å². The molecular weight excluding hydrogens is 489 g/mol. The first-order chi connectivity index (χ1) is 18.1. The molecule has 1 aromatic carbocycles. The molecule has 1 unspecified atom stereocenters. The van der Waals surface area contributed by atoms with Crippen LogP contribution in [0.3, 0.4) is 0 Å². The van der Waals surface area contributed by atoms with Gasteiger partial charge in [0.2, 0.25) is 11.8 Å². The number of imide groups is 1. The molecule has 3 fully saturated rings. The molecule has 210 valence electrons. The van der Waals surface area contributed by atoms with E-state index in [-0.39, 0.29) is 30.1 Å². The smallest absolute Gasteiger partial charge is 0.407 e. The van der Waals surface area contributed by atoms with Gasteiger partial charge in [-0.15, -0.1) is 0 Å². The van der Waals surface area contributed by atoms with E-state index in [2.05, 4.69) is 25.8 Å². The van der Waals surface area contributed by atoms with Gasteiger partial charge in [0.15, 0.2) is 0 Å². The van der Waals surface area contributed by atoms with Gasteiger partial charge in [-0.25, -0.2) is 9.18 Å². The second kappa shape index (κ2) is 12.3. The standard InChI is InChI=1S/C28H42FN5O4/c1-28(2,3)38-27(37)30-17-19-4-6-20(7-5-19)18-33-12-14-34(15-13-33)24-10-8-21(16-22(24)29)31-23-9-11-25(35)32-26(23)36/h8,10,16,19-20,23,31H,4-7,9,11-15,17-18H2,1-3H3,(H,30,37)(H,32,35,36)/t19-,20-,23?. The van der Waals surface area contributed by atoms with Crippen molar-refractivity contribution < 1.29 is 23.5 Å². The molecule has 1 atom stereocenters. The van der Waals surface area contributed by atoms with Gasteiger partial charge in [-0.1, -0.05) is 0 Å². The molecule has 0 radical (unpaired) electrons. The second-order valence-corrected chi connectivity index (χ2v) is 11.9. The number of nitrogens with zero attached hydrogens (tertiary/aromatic N) is 2. The van der Waals surface area contributed by atoms with Crippen LogP contribution in [0.4, 0.5) is 20.6 Å². The van der Waals surface area contributed by atoms with Crippen molar-refractivity contribution in [3.05, 3.63) is 24.0 Å². The summed E-state index contributed by atoms with van der Waals surface area (Å²) in [7, 11) is 0. The van der Waals surface area contributed by atoms with Crippen LogP contribution >= 0.6 is 0 Å². The van der Waals surface area contributed by atoms with Gasteiger partial charge in [-0.3, -0.25) is 19.8 Å². The van der Waals surface area contributed by atoms with E-state index < -0.39 is 11.6 Å². The predicted molar refractivity (Wildman–Crippen MR) is 145 cm³/mol. The van der Waals surface area contributed by atoms with Crippen molar-refractivity contribution in [3.8, 4) is 0 Å². The maximum atomic E-state index is 15.0. The molecule has 9 nitrogen and oxygen atoms in total. The molecule has 1 aliphatic carbocycles. The van der Waals surface area contributed by atoms with Gasteiger partial charge >= 0.3 is 6.09 Å². The number of alkyl carbamates (subject to hydrolysis) is 1. The van der Waals surface area contributed by atoms with E-state index in [4.69, 9.17) is 4.74 Å². The summed E-state index contributed by atoms with van der Waals surface area (Å²) in [6.07, 6.45) is 4.90. The highest BCUT2D eigenvalue weighted by Crippen LogP contribution is 2.30. The minimum atomic E-state index is -0.530. The molecule has 0 bridgehead atoms. The molecule has 2 heterocycles. The molecule has 1 aromatic rings. The molecule has 0 aromatic heterocycles. The van der Waals surface area contributed by atoms with Crippen molar-refractivity contribution in [1.29, 1.82) is 0 Å². The second-order valence-electron chi connectivity index (χ2n) is 11.9. The van der Waals surface area contributed by atoms with Crippen molar-refractivity contribution in [2.75, 3.05) is 49.5 Å². The van der Waals surface area contributed by atoms with Gasteiger partial charge < -0.3 is 20.3 Å². The Bertz CT molecular complexity index is 997. The number of carbonyl (C=O) groups excluding carboxylic acids is 3. The number of hydrogen-bond donors (Lipinski definition) is 3. The molecule has 1 saturated carbocycles. The van der Waals surface area contributed by atoms with Gasteiger partial charge in [0.1, 0.15) is 17.5 Å². The summed E-state index contributed by atoms with van der Waals surface area (Å²) in [4.78, 5) is 39.8. The quantitative estimate of drug-likeness (QED) is 0.463. The summed E-state index contributed by atoms with van der Waals surface area (Å²) in [5.74, 6) is 0.218. The number of rotatable bonds is 7. The summed E-state index contributed by atoms with van der Waals surface area (Å²) in [6, 6.07) is 4.47. The average molecular weight is 532 g/mol. The van der Waals surface area contributed by atoms with E-state index in [0.717, 1.165) is 58.4 Å². The van der Waals surface area contributed by atoms with Crippen LogP contribution in [0.2, 0.25) is 0 Å². The number of amides is 3. The fourth-order valence-corrected chi connectivity index (χ4v) is 5.58. The van der Waals surface area contributed by atoms with E-state index in [1.54, 1.807) is 12.1 Å². The van der Waals surface area contributed by atoms with Crippen LogP contribution in [-0.2, 0) is 14.3 Å². The van der Waals surface area contributed by atoms with E-state index in [9.17, 15) is 18.8 Å². The lowest BCUT2D eigenvalue weighted by Crippen LogP contribution is -2.48. The molecule has 2 aliphatic heterocycles. The van der Waals surface area contributed by atoms with Gasteiger partial charge in [0.25, 0.3) is 0 Å². The first-order valence-corrected chi connectivity index (χ1v) is 13.9. The monoisotopic (exact) mass is 531 g/mol. The Kier molecular flexibility index (Phi) is 9.12. The fourth-order valence-electron chi connectivity index (χ4n) is 5.58. The largest absolute Gasteiger partial charge is 0.444 e. The maximum absolute atomic E-state index is 15.0. The maximum Gasteiger partial charge on any atom is 0.407 e. The topological polar surface area (TPSA) is 103 Å². The number of anilines is 2. The van der Waals surface area contributed by atoms with Crippen molar-refractivity contribution in [1.82, 2.24) is 15.5 Å². The van der Waals surface area contributed by atoms with Crippen LogP contribution in [0.15, 0.2) is 18.2 Å². The molecule has 2 saturated heterocycles. The normalized spacial score (nSPS) is 25.1. The number of piperazine rings is 1. The van der Waals surface area contributed by atoms with Crippen LogP contribution in [0.1, 0.15) is 59.3 Å². The zero-order valence-electron chi connectivity index (χ0n) is 22.9. The van der Waals surface area contributed by atoms with E-state index >= 15 is 0 Å². The number of ether oxygens (including phenoxy) is 1. The van der Waals surface area contributed by atoms with E-state index in [0.29, 0.717) is 36.2 Å². The highest BCUT2D eigenvalue weighted by molar-refractivity contribution is 6.01. The number of halogens is 1. The van der Waals surface area contributed by atoms with Crippen LogP contribution < -0.4 is 20.9 Å². The van der Waals surface area contributed by atoms with Crippen molar-refractivity contribution in [2.45, 2.75) is 70.9 Å². The Labute approximate surface area is 224 Å². The number of benzene rings is 1. The average Bonchev–Trinajstić information content (AvgIpc) is 2.85. The first kappa shape index (κ1) is 28.1. The van der Waals surface area contributed by atoms with Crippen molar-refractivity contribution >= 4 is 29.3 Å². The van der Waals surface area contributed by atoms with Crippen LogP contribution in [-0.4, -0.2) is 73.7 Å². The van der Waals surface area contributed by atoms with E-state index in [1.165, 1.54) is 6.07 Å². The summed E-state index contributed by atoms with van der Waals surface area (Å²) in [6.45, 7) is 10.7. The first-order valence-electron chi connectivity index (χ1n) is 13.9. The molecule has 3 aliphatic rings. The molecule has 0 spiro atoms. The van der Waals surface area contributed by atoms with Crippen LogP contribution in [0.5, 0.6) is 0 Å². The molecule has 38 heavy (non-hydrogen) atoms. The summed E-state index contributed by atoms with van der Waals surface area (Å²) >= 11 is 0. The van der Waals surface area contributed by atoms with Crippen LogP contribution in [0, 0.1) is 17.7 Å². The minimum absolute atomic E-state index is 0.269. The molecule has 3 N–H and O–H groups in total. The summed E-state index contributed by atoms with van der Waals surface area (Å²) < 4.78 is 20.3. The predicted octanol–water partition coefficient (Wildman–Crippen LogP) is 3.50. The molecule has 3 amide bonds. The zero-order chi connectivity index (χ0) is 27.3. The van der Waals surface area contributed by atoms with Crippen molar-refractivity contribution in [2.24, 2.45) is 11.8 Å². The Hall–Kier alpha value is -2.88. The highest BCUT2D eigenvalue weighted by Gasteiger charge is 2.28. The third kappa shape index (κ3) is 8.06. The van der Waals surface area contributed by atoms with Gasteiger partial charge in [-0.05, 0) is 82.9 Å². The SMILES string of the molecule is CC(C)(C)OC(=O)NC[C@H]1CC[C@H](CN2CCN(c3ccc(NC4CCC(=O)NC4=O)cc3F)CC2)CC1. The Morgan fingerprint density at radius 2 is 1.74 bits per heavy atom. The number of nitrogens with one attached hydrogen (secondary N) is 3. The number of piperidine rings is 1. The van der Waals surface area contributed by atoms with Gasteiger partial charge in [0, 0.05) is 51.4 Å². The molecular formula is C28H42FN5O4. The minimum Gasteiger partial charge on any atom is -0.444 e. The van der Waals surface area contributed by atoms with Gasteiger partial charge in [-0.2, -0.15) is 0 Å². The Balaban J connectivity index is 1.17. The zero-order valence-corrected chi connectivity index (χ0v) is 22.9. The lowest BCUT2D eigenvalue weighted by atomic mass is 9.81. The third-order valence-electron chi connectivity index (χ3n) is 7.66. The van der Waals surface area contributed by atoms with Gasteiger partial charge in [0.05, 0.1) is 5.69 Å². The summed E-state index contributed by atoms with van der Waals surface area (Å²) in [5.41, 5.74) is 0.642. The molecule has 4 rings (SSSR count). The Morgan fingerprint density at radius 3 is 2.37 bits per heavy atom. The lowest BCUT2D eigenvalue weighted by Gasteiger charge is -2.39. The lowest BCUT2D eigenvalue weighted by molar-refractivity contribution is -0.133. The number of hydrogen-bond acceptors (Lipinski definition) is 7. The Morgan fingerprint density at radius 1 is 1.05 bits per heavy atom. The van der Waals surface area contributed by atoms with E-state index in [1.807, 2.05) is 20.8 Å². The number of carbonyl (C=O) groups is 3. The summed E-state index contributed by atoms with van der Waals surface area (Å²) in [5, 5.41) is 8.27.